The maximum atomic E-state index is 14.7. The predicted octanol–water partition coefficient (Wildman–Crippen LogP) is -3.96. The molecule has 12 amide bonds. The summed E-state index contributed by atoms with van der Waals surface area (Å²) in [6.45, 7) is -0.594. The molecule has 0 aliphatic rings. The van der Waals surface area contributed by atoms with Gasteiger partial charge in [-0.2, -0.15) is 23.5 Å². The third-order valence-corrected chi connectivity index (χ3v) is 16.6. The molecule has 9 atom stereocenters. The number of primary amides is 1. The van der Waals surface area contributed by atoms with Crippen LogP contribution in [0.3, 0.4) is 0 Å². The number of phenolic OH excluding ortho intramolecular Hbond substituents is 2. The number of nitrogens with zero attached hydrogens (tertiary/aromatic N) is 2. The average molecular weight is 1450 g/mol. The number of phenols is 2. The van der Waals surface area contributed by atoms with Crippen LogP contribution in [0.1, 0.15) is 67.7 Å². The van der Waals surface area contributed by atoms with Gasteiger partial charge in [-0.25, -0.2) is 0 Å². The number of aromatic hydroxyl groups is 2. The second-order valence-electron chi connectivity index (χ2n) is 23.6. The molecule has 4 aromatic carbocycles. The Morgan fingerprint density at radius 3 is 1.14 bits per heavy atom. The number of aliphatic imine (C=N–C) groups is 2. The highest BCUT2D eigenvalue weighted by molar-refractivity contribution is 7.98. The van der Waals surface area contributed by atoms with Crippen molar-refractivity contribution in [3.05, 3.63) is 131 Å². The lowest BCUT2D eigenvalue weighted by Gasteiger charge is -2.27. The van der Waals surface area contributed by atoms with E-state index in [-0.39, 0.29) is 101 Å². The summed E-state index contributed by atoms with van der Waals surface area (Å²) in [5, 5.41) is 48.0. The van der Waals surface area contributed by atoms with Crippen molar-refractivity contribution in [3.63, 3.8) is 0 Å². The number of rotatable bonds is 45. The molecular weight excluding hydrogens is 1360 g/mol. The summed E-state index contributed by atoms with van der Waals surface area (Å²) in [7, 11) is 0. The van der Waals surface area contributed by atoms with Crippen LogP contribution in [-0.4, -0.2) is 204 Å². The van der Waals surface area contributed by atoms with Crippen LogP contribution >= 0.6 is 23.5 Å². The van der Waals surface area contributed by atoms with Crippen LogP contribution in [0.2, 0.25) is 0 Å². The first-order chi connectivity index (χ1) is 48.6. The van der Waals surface area contributed by atoms with Gasteiger partial charge in [0.1, 0.15) is 59.8 Å². The molecule has 0 aromatic heterocycles. The van der Waals surface area contributed by atoms with Gasteiger partial charge in [0.25, 0.3) is 0 Å². The zero-order chi connectivity index (χ0) is 75.1. The topological polar surface area (TPSA) is 558 Å². The second-order valence-corrected chi connectivity index (χ2v) is 25.5. The average Bonchev–Trinajstić information content (AvgIpc) is 0.867. The fourth-order valence-corrected chi connectivity index (χ4v) is 10.8. The zero-order valence-electron chi connectivity index (χ0n) is 57.1. The van der Waals surface area contributed by atoms with Gasteiger partial charge in [-0.05, 0) is 122 Å². The van der Waals surface area contributed by atoms with E-state index in [4.69, 9.17) is 34.4 Å². The molecule has 0 saturated heterocycles. The third-order valence-electron chi connectivity index (χ3n) is 15.3. The van der Waals surface area contributed by atoms with Crippen LogP contribution in [0.25, 0.3) is 0 Å². The van der Waals surface area contributed by atoms with Crippen molar-refractivity contribution in [2.75, 3.05) is 56.7 Å². The standard InChI is InChI=1S/C67H95N19O14S2/c1-39(58(93)77-38-56(91)81-51(33-40-12-6-4-7-13-40)64(99)82-47(57(69)92)26-30-101-2)79-63(98)53(35-43-20-24-45(88)25-21-43)86-61(96)49(17-11-29-75-67(72)73)83-60(95)48(16-10-28-74-66(70)71)84-62(97)50(27-31-102-3)85-65(100)52(34-41-14-8-5-9-15-41)80-55(90)37-76-54(89)36-78-59(94)46(68)32-42-18-22-44(87)23-19-42/h4-9,12-15,18-25,39,46-53,87-88H,10-11,16-17,26-38,68H2,1-3H3,(H2,69,92)(H,76,89)(H,77,93)(H,78,94)(H,79,98)(H,80,90)(H,81,91)(H,82,99)(H,83,95)(H,84,97)(H,85,100)(H,86,96)(H4,70,71,74)(H4,72,73,75)/t39-,46+,47+,48+,49+,50+,51+,52+,53+/m1/s1. The number of carbonyl (C=O) groups is 12. The Morgan fingerprint density at radius 2 is 0.716 bits per heavy atom. The number of carbonyl (C=O) groups excluding carboxylic acids is 12. The summed E-state index contributed by atoms with van der Waals surface area (Å²) in [5.74, 6) is -9.61. The van der Waals surface area contributed by atoms with Crippen LogP contribution in [-0.2, 0) is 83.2 Å². The second kappa shape index (κ2) is 45.2. The first-order valence-corrected chi connectivity index (χ1v) is 35.4. The van der Waals surface area contributed by atoms with Crippen molar-refractivity contribution in [2.45, 2.75) is 126 Å². The van der Waals surface area contributed by atoms with Crippen molar-refractivity contribution in [2.24, 2.45) is 44.4 Å². The van der Waals surface area contributed by atoms with Crippen LogP contribution in [0.15, 0.2) is 119 Å². The quantitative estimate of drug-likeness (QED) is 0.0114. The molecule has 0 spiro atoms. The van der Waals surface area contributed by atoms with E-state index in [1.807, 2.05) is 6.26 Å². The van der Waals surface area contributed by atoms with E-state index in [2.05, 4.69) is 68.5 Å². The van der Waals surface area contributed by atoms with E-state index < -0.39 is 145 Å². The summed E-state index contributed by atoms with van der Waals surface area (Å²) in [6.07, 6.45) is 3.41. The Bertz CT molecular complexity index is 3480. The Hall–Kier alpha value is -10.7. The SMILES string of the molecule is CSCC[C@H](NC(=O)[C@H](Cc1ccccc1)NC(=O)CNC(=O)[C@@H](C)NC(=O)[C@H](Cc1ccc(O)cc1)NC(=O)[C@H](CCCN=C(N)N)NC(=O)[C@H](CCCN=C(N)N)NC(=O)[C@H](CCSC)NC(=O)[C@H](Cc1ccccc1)NC(=O)CNC(=O)CNC(=O)[C@@H](N)Cc1ccc(O)cc1)C(N)=O. The van der Waals surface area contributed by atoms with Gasteiger partial charge >= 0.3 is 0 Å². The van der Waals surface area contributed by atoms with Crippen LogP contribution < -0.4 is 92.9 Å². The molecular formula is C67H95N19O14S2. The van der Waals surface area contributed by atoms with E-state index in [1.165, 1.54) is 66.8 Å². The number of guanidine groups is 2. The third kappa shape index (κ3) is 32.5. The molecule has 0 saturated carbocycles. The van der Waals surface area contributed by atoms with Gasteiger partial charge < -0.3 is 103 Å². The van der Waals surface area contributed by atoms with Crippen LogP contribution in [0.5, 0.6) is 11.5 Å². The fraction of sp³-hybridized carbons (Fsp3) is 0.433. The minimum absolute atomic E-state index is 0.000992. The zero-order valence-corrected chi connectivity index (χ0v) is 58.7. The molecule has 0 unspecified atom stereocenters. The fourth-order valence-electron chi connectivity index (χ4n) is 9.84. The van der Waals surface area contributed by atoms with E-state index in [0.717, 1.165) is 0 Å². The lowest BCUT2D eigenvalue weighted by atomic mass is 10.0. The molecule has 4 rings (SSSR count). The highest BCUT2D eigenvalue weighted by atomic mass is 32.2. The molecule has 0 radical (unpaired) electrons. The number of nitrogens with two attached hydrogens (primary N) is 6. The number of nitrogens with one attached hydrogen (secondary N) is 11. The molecule has 0 heterocycles. The van der Waals surface area contributed by atoms with Gasteiger partial charge in [0, 0.05) is 32.4 Å². The first kappa shape index (κ1) is 83.7. The van der Waals surface area contributed by atoms with Gasteiger partial charge in [0.2, 0.25) is 70.9 Å². The lowest BCUT2D eigenvalue weighted by molar-refractivity contribution is -0.135. The number of thioether (sulfide) groups is 2. The number of hydrogen-bond acceptors (Lipinski definition) is 19. The van der Waals surface area contributed by atoms with E-state index in [9.17, 15) is 67.7 Å². The molecule has 35 heteroatoms. The van der Waals surface area contributed by atoms with E-state index >= 15 is 0 Å². The van der Waals surface area contributed by atoms with E-state index in [1.54, 1.807) is 79.1 Å². The largest absolute Gasteiger partial charge is 0.508 e. The Morgan fingerprint density at radius 1 is 0.382 bits per heavy atom. The minimum Gasteiger partial charge on any atom is -0.508 e. The van der Waals surface area contributed by atoms with Gasteiger partial charge in [0.05, 0.1) is 25.7 Å². The van der Waals surface area contributed by atoms with Gasteiger partial charge in [0.15, 0.2) is 11.9 Å². The highest BCUT2D eigenvalue weighted by Crippen LogP contribution is 2.15. The number of amides is 12. The highest BCUT2D eigenvalue weighted by Gasteiger charge is 2.34. The molecule has 0 aliphatic heterocycles. The van der Waals surface area contributed by atoms with Crippen molar-refractivity contribution < 1.29 is 67.7 Å². The summed E-state index contributed by atoms with van der Waals surface area (Å²) >= 11 is 2.78. The summed E-state index contributed by atoms with van der Waals surface area (Å²) in [6, 6.07) is 17.2. The molecule has 102 heavy (non-hydrogen) atoms. The lowest BCUT2D eigenvalue weighted by Crippen LogP contribution is -2.60. The Kier molecular flexibility index (Phi) is 37.1. The van der Waals surface area contributed by atoms with Gasteiger partial charge in [-0.3, -0.25) is 67.5 Å². The van der Waals surface area contributed by atoms with Gasteiger partial charge in [-0.1, -0.05) is 84.9 Å². The molecule has 33 nitrogen and oxygen atoms in total. The van der Waals surface area contributed by atoms with Crippen LogP contribution in [0, 0.1) is 0 Å². The smallest absolute Gasteiger partial charge is 0.243 e. The monoisotopic (exact) mass is 1450 g/mol. The molecule has 554 valence electrons. The van der Waals surface area contributed by atoms with Crippen molar-refractivity contribution in [3.8, 4) is 11.5 Å². The summed E-state index contributed by atoms with van der Waals surface area (Å²) in [4.78, 5) is 173. The van der Waals surface area contributed by atoms with E-state index in [0.29, 0.717) is 33.8 Å². The summed E-state index contributed by atoms with van der Waals surface area (Å²) in [5.41, 5.74) is 36.4. The maximum Gasteiger partial charge on any atom is 0.243 e. The van der Waals surface area contributed by atoms with Crippen LogP contribution in [0.4, 0.5) is 0 Å². The molecule has 0 aliphatic carbocycles. The van der Waals surface area contributed by atoms with Crippen molar-refractivity contribution in [1.29, 1.82) is 0 Å². The molecule has 0 bridgehead atoms. The Labute approximate surface area is 599 Å². The molecule has 25 N–H and O–H groups in total. The van der Waals surface area contributed by atoms with Gasteiger partial charge in [-0.15, -0.1) is 0 Å². The molecule has 0 fully saturated rings. The number of hydrogen-bond donors (Lipinski definition) is 19. The van der Waals surface area contributed by atoms with Crippen molar-refractivity contribution >= 4 is 106 Å². The van der Waals surface area contributed by atoms with Crippen molar-refractivity contribution in [1.82, 2.24) is 58.5 Å². The normalized spacial score (nSPS) is 13.5. The molecule has 4 aromatic rings. The Balaban J connectivity index is 1.54. The predicted molar refractivity (Wildman–Crippen MR) is 387 cm³/mol. The maximum absolute atomic E-state index is 14.7. The summed E-state index contributed by atoms with van der Waals surface area (Å²) < 4.78 is 0. The minimum atomic E-state index is -1.51. The number of benzene rings is 4. The first-order valence-electron chi connectivity index (χ1n) is 32.6.